The van der Waals surface area contributed by atoms with E-state index in [1.807, 2.05) is 0 Å². The average molecular weight is 318 g/mol. The molecule has 0 saturated heterocycles. The van der Waals surface area contributed by atoms with Crippen molar-refractivity contribution in [3.63, 3.8) is 0 Å². The van der Waals surface area contributed by atoms with Crippen molar-refractivity contribution < 1.29 is 19.4 Å². The van der Waals surface area contributed by atoms with Crippen LogP contribution < -0.4 is 10.1 Å². The minimum Gasteiger partial charge on any atom is -0.481 e. The summed E-state index contributed by atoms with van der Waals surface area (Å²) in [5.74, 6) is -1.14. The minimum absolute atomic E-state index is 0.324. The lowest BCUT2D eigenvalue weighted by molar-refractivity contribution is -0.138. The molecule has 0 aliphatic carbocycles. The number of carbonyl (C=O) groups excluding carboxylic acids is 1. The van der Waals surface area contributed by atoms with Gasteiger partial charge in [0.15, 0.2) is 5.75 Å². The fourth-order valence-corrected chi connectivity index (χ4v) is 2.39. The van der Waals surface area contributed by atoms with Gasteiger partial charge in [0.05, 0.1) is 17.2 Å². The molecule has 0 spiro atoms. The van der Waals surface area contributed by atoms with Crippen LogP contribution in [0.1, 0.15) is 28.8 Å². The van der Waals surface area contributed by atoms with Crippen LogP contribution >= 0.6 is 11.6 Å². The van der Waals surface area contributed by atoms with Crippen molar-refractivity contribution in [3.05, 3.63) is 52.5 Å². The number of nitrogens with one attached hydrogen (secondary N) is 1. The Labute approximate surface area is 131 Å². The molecule has 2 N–H and O–H groups in total. The number of hydrogen-bond acceptors (Lipinski definition) is 3. The Kier molecular flexibility index (Phi) is 3.50. The van der Waals surface area contributed by atoms with Crippen molar-refractivity contribution in [2.45, 2.75) is 12.8 Å². The van der Waals surface area contributed by atoms with Gasteiger partial charge in [-0.2, -0.15) is 0 Å². The number of amides is 1. The van der Waals surface area contributed by atoms with Crippen LogP contribution in [0.2, 0.25) is 5.02 Å². The third-order valence-electron chi connectivity index (χ3n) is 3.53. The Morgan fingerprint density at radius 1 is 1.23 bits per heavy atom. The first-order valence-electron chi connectivity index (χ1n) is 6.61. The maximum absolute atomic E-state index is 12.2. The smallest absolute Gasteiger partial charge is 0.310 e. The topological polar surface area (TPSA) is 75.6 Å². The molecule has 2 aromatic carbocycles. The quantitative estimate of drug-likeness (QED) is 0.881. The zero-order valence-corrected chi connectivity index (χ0v) is 12.3. The van der Waals surface area contributed by atoms with E-state index in [1.54, 1.807) is 37.3 Å². The average Bonchev–Trinajstić information content (AvgIpc) is 2.62. The van der Waals surface area contributed by atoms with Gasteiger partial charge < -0.3 is 15.2 Å². The summed E-state index contributed by atoms with van der Waals surface area (Å²) in [4.78, 5) is 23.3. The number of aliphatic carboxylic acids is 1. The van der Waals surface area contributed by atoms with E-state index >= 15 is 0 Å². The van der Waals surface area contributed by atoms with Crippen molar-refractivity contribution in [2.24, 2.45) is 0 Å². The lowest BCUT2D eigenvalue weighted by Crippen LogP contribution is -2.11. The van der Waals surface area contributed by atoms with Crippen LogP contribution in [0.4, 0.5) is 5.69 Å². The summed E-state index contributed by atoms with van der Waals surface area (Å²) in [6, 6.07) is 9.68. The van der Waals surface area contributed by atoms with Gasteiger partial charge in [-0.25, -0.2) is 0 Å². The summed E-state index contributed by atoms with van der Waals surface area (Å²) in [6.45, 7) is 1.59. The number of halogens is 1. The molecule has 0 bridgehead atoms. The maximum Gasteiger partial charge on any atom is 0.310 e. The number of hydrogen-bond donors (Lipinski definition) is 2. The maximum atomic E-state index is 12.2. The molecule has 112 valence electrons. The molecule has 22 heavy (non-hydrogen) atoms. The monoisotopic (exact) mass is 317 g/mol. The van der Waals surface area contributed by atoms with Crippen molar-refractivity contribution in [2.75, 3.05) is 5.32 Å². The number of fused-ring (bicyclic) bond motifs is 2. The first-order chi connectivity index (χ1) is 10.5. The van der Waals surface area contributed by atoms with Gasteiger partial charge >= 0.3 is 5.97 Å². The Balaban J connectivity index is 2.07. The van der Waals surface area contributed by atoms with Crippen LogP contribution in [0.25, 0.3) is 0 Å². The van der Waals surface area contributed by atoms with E-state index in [-0.39, 0.29) is 5.91 Å². The standard InChI is InChI=1S/C16H12ClNO4/c1-8(16(20)21)9-2-4-12-14(6-9)22-13-5-3-10(17)7-11(13)15(19)18-12/h2-8H,1H3,(H,18,19)(H,20,21). The number of benzene rings is 2. The third-order valence-corrected chi connectivity index (χ3v) is 3.77. The van der Waals surface area contributed by atoms with E-state index in [1.165, 1.54) is 6.07 Å². The molecule has 2 aromatic rings. The third kappa shape index (κ3) is 2.51. The van der Waals surface area contributed by atoms with Gasteiger partial charge in [-0.15, -0.1) is 0 Å². The molecule has 6 heteroatoms. The molecule has 1 aliphatic heterocycles. The first-order valence-corrected chi connectivity index (χ1v) is 6.99. The van der Waals surface area contributed by atoms with Crippen LogP contribution in [0.15, 0.2) is 36.4 Å². The highest BCUT2D eigenvalue weighted by molar-refractivity contribution is 6.31. The first kappa shape index (κ1) is 14.4. The highest BCUT2D eigenvalue weighted by Gasteiger charge is 2.23. The molecule has 0 aromatic heterocycles. The summed E-state index contributed by atoms with van der Waals surface area (Å²) in [7, 11) is 0. The SMILES string of the molecule is CC(C(=O)O)c1ccc2c(c1)Oc1ccc(Cl)cc1C(=O)N2. The largest absolute Gasteiger partial charge is 0.481 e. The van der Waals surface area contributed by atoms with Crippen LogP contribution in [0.3, 0.4) is 0 Å². The fourth-order valence-electron chi connectivity index (χ4n) is 2.22. The fraction of sp³-hybridized carbons (Fsp3) is 0.125. The van der Waals surface area contributed by atoms with Gasteiger partial charge in [0.2, 0.25) is 0 Å². The van der Waals surface area contributed by atoms with Crippen molar-refractivity contribution in [1.29, 1.82) is 0 Å². The second kappa shape index (κ2) is 5.35. The van der Waals surface area contributed by atoms with Crippen molar-refractivity contribution in [3.8, 4) is 11.5 Å². The lowest BCUT2D eigenvalue weighted by Gasteiger charge is -2.12. The minimum atomic E-state index is -0.926. The van der Waals surface area contributed by atoms with Crippen molar-refractivity contribution >= 4 is 29.2 Å². The van der Waals surface area contributed by atoms with Gasteiger partial charge in [-0.1, -0.05) is 17.7 Å². The van der Waals surface area contributed by atoms with Gasteiger partial charge in [-0.3, -0.25) is 9.59 Å². The summed E-state index contributed by atoms with van der Waals surface area (Å²) in [6.07, 6.45) is 0. The molecule has 1 amide bonds. The zero-order valence-electron chi connectivity index (χ0n) is 11.6. The highest BCUT2D eigenvalue weighted by Crippen LogP contribution is 2.38. The van der Waals surface area contributed by atoms with Crippen LogP contribution in [-0.4, -0.2) is 17.0 Å². The summed E-state index contributed by atoms with van der Waals surface area (Å²) >= 11 is 5.91. The second-order valence-electron chi connectivity index (χ2n) is 5.01. The molecule has 1 heterocycles. The predicted octanol–water partition coefficient (Wildman–Crippen LogP) is 3.89. The van der Waals surface area contributed by atoms with Gasteiger partial charge in [-0.05, 0) is 42.8 Å². The Hall–Kier alpha value is -2.53. The molecule has 3 rings (SSSR count). The Morgan fingerprint density at radius 3 is 2.73 bits per heavy atom. The molecule has 1 aliphatic rings. The van der Waals surface area contributed by atoms with E-state index in [0.717, 1.165) is 0 Å². The van der Waals surface area contributed by atoms with E-state index in [0.29, 0.717) is 33.3 Å². The van der Waals surface area contributed by atoms with Gasteiger partial charge in [0.1, 0.15) is 5.75 Å². The van der Waals surface area contributed by atoms with Crippen LogP contribution in [0, 0.1) is 0 Å². The van der Waals surface area contributed by atoms with Crippen molar-refractivity contribution in [1.82, 2.24) is 0 Å². The number of carbonyl (C=O) groups is 2. The molecule has 0 radical (unpaired) electrons. The number of carboxylic acids is 1. The molecule has 0 saturated carbocycles. The molecule has 1 unspecified atom stereocenters. The van der Waals surface area contributed by atoms with E-state index in [4.69, 9.17) is 21.4 Å². The predicted molar refractivity (Wildman–Crippen MR) is 82.0 cm³/mol. The number of rotatable bonds is 2. The van der Waals surface area contributed by atoms with Gasteiger partial charge in [0.25, 0.3) is 5.91 Å². The van der Waals surface area contributed by atoms with E-state index in [2.05, 4.69) is 5.32 Å². The highest BCUT2D eigenvalue weighted by atomic mass is 35.5. The number of anilines is 1. The number of carboxylic acid groups (broad SMARTS) is 1. The summed E-state index contributed by atoms with van der Waals surface area (Å²) in [5, 5.41) is 12.3. The van der Waals surface area contributed by atoms with Crippen LogP contribution in [0.5, 0.6) is 11.5 Å². The van der Waals surface area contributed by atoms with E-state index in [9.17, 15) is 9.59 Å². The molecular weight excluding hydrogens is 306 g/mol. The second-order valence-corrected chi connectivity index (χ2v) is 5.45. The lowest BCUT2D eigenvalue weighted by atomic mass is 10.0. The normalized spacial score (nSPS) is 14.0. The molecule has 0 fully saturated rings. The summed E-state index contributed by atoms with van der Waals surface area (Å²) < 4.78 is 5.76. The molecule has 1 atom stereocenters. The molecule has 5 nitrogen and oxygen atoms in total. The van der Waals surface area contributed by atoms with Gasteiger partial charge in [0, 0.05) is 5.02 Å². The number of ether oxygens (including phenoxy) is 1. The van der Waals surface area contributed by atoms with E-state index < -0.39 is 11.9 Å². The Morgan fingerprint density at radius 2 is 2.00 bits per heavy atom. The van der Waals surface area contributed by atoms with Crippen LogP contribution in [-0.2, 0) is 4.79 Å². The summed E-state index contributed by atoms with van der Waals surface area (Å²) in [5.41, 5.74) is 1.41. The molecular formula is C16H12ClNO4. The zero-order chi connectivity index (χ0) is 15.9. The Bertz CT molecular complexity index is 788.